The monoisotopic (exact) mass is 338 g/mol. The van der Waals surface area contributed by atoms with E-state index in [0.717, 1.165) is 0 Å². The van der Waals surface area contributed by atoms with Crippen LogP contribution in [0.4, 0.5) is 11.5 Å². The van der Waals surface area contributed by atoms with E-state index in [1.54, 1.807) is 20.0 Å². The number of nitro benzene ring substituents is 1. The molecular weight excluding hydrogens is 328 g/mol. The highest BCUT2D eigenvalue weighted by atomic mass is 79.9. The predicted octanol–water partition coefficient (Wildman–Crippen LogP) is 3.29. The molecule has 1 aromatic heterocycles. The Morgan fingerprint density at radius 3 is 2.75 bits per heavy atom. The number of hydrogen-bond acceptors (Lipinski definition) is 6. The number of ether oxygens (including phenoxy) is 1. The largest absolute Gasteiger partial charge is 0.437 e. The second kappa shape index (κ2) is 5.83. The standard InChI is InChI=1S/C12H11BrN4O3/c1-7-5-8(17(18)19)3-4-9(7)20-12-10(13)11(14-2)15-6-16-12/h3-6H,1-2H3,(H,14,15,16). The zero-order chi connectivity index (χ0) is 14.7. The number of hydrogen-bond donors (Lipinski definition) is 1. The van der Waals surface area contributed by atoms with Gasteiger partial charge in [0.15, 0.2) is 0 Å². The second-order valence-electron chi connectivity index (χ2n) is 3.90. The summed E-state index contributed by atoms with van der Waals surface area (Å²) in [5.74, 6) is 1.42. The third-order valence-corrected chi connectivity index (χ3v) is 3.29. The van der Waals surface area contributed by atoms with Crippen molar-refractivity contribution in [2.24, 2.45) is 0 Å². The number of nitrogens with one attached hydrogen (secondary N) is 1. The van der Waals surface area contributed by atoms with Gasteiger partial charge in [0.05, 0.1) is 4.92 Å². The summed E-state index contributed by atoms with van der Waals surface area (Å²) in [6, 6.07) is 4.38. The Kier molecular flexibility index (Phi) is 4.14. The Bertz CT molecular complexity index is 663. The van der Waals surface area contributed by atoms with Gasteiger partial charge < -0.3 is 10.1 Å². The molecule has 0 saturated heterocycles. The first-order chi connectivity index (χ1) is 9.52. The number of non-ortho nitro benzene ring substituents is 1. The van der Waals surface area contributed by atoms with E-state index in [0.29, 0.717) is 27.5 Å². The summed E-state index contributed by atoms with van der Waals surface area (Å²) in [5, 5.41) is 13.6. The highest BCUT2D eigenvalue weighted by Crippen LogP contribution is 2.33. The molecule has 0 amide bonds. The van der Waals surface area contributed by atoms with Crippen LogP contribution in [-0.2, 0) is 0 Å². The molecule has 2 rings (SSSR count). The van der Waals surface area contributed by atoms with Crippen LogP contribution in [-0.4, -0.2) is 21.9 Å². The Morgan fingerprint density at radius 1 is 1.40 bits per heavy atom. The van der Waals surface area contributed by atoms with Gasteiger partial charge in [-0.15, -0.1) is 0 Å². The fraction of sp³-hybridized carbons (Fsp3) is 0.167. The number of rotatable bonds is 4. The van der Waals surface area contributed by atoms with Gasteiger partial charge in [0, 0.05) is 19.2 Å². The van der Waals surface area contributed by atoms with E-state index < -0.39 is 4.92 Å². The molecule has 1 aromatic carbocycles. The topological polar surface area (TPSA) is 90.2 Å². The molecule has 2 aromatic rings. The molecule has 7 nitrogen and oxygen atoms in total. The third-order valence-electron chi connectivity index (χ3n) is 2.57. The first-order valence-corrected chi connectivity index (χ1v) is 6.43. The number of aromatic nitrogens is 2. The van der Waals surface area contributed by atoms with Gasteiger partial charge in [-0.25, -0.2) is 9.97 Å². The molecule has 104 valence electrons. The van der Waals surface area contributed by atoms with E-state index in [-0.39, 0.29) is 5.69 Å². The first kappa shape index (κ1) is 14.2. The van der Waals surface area contributed by atoms with Crippen LogP contribution >= 0.6 is 15.9 Å². The fourth-order valence-electron chi connectivity index (χ4n) is 1.56. The van der Waals surface area contributed by atoms with Crippen LogP contribution in [0.3, 0.4) is 0 Å². The van der Waals surface area contributed by atoms with Crippen molar-refractivity contribution >= 4 is 27.4 Å². The van der Waals surface area contributed by atoms with E-state index in [1.807, 2.05) is 0 Å². The Morgan fingerprint density at radius 2 is 2.15 bits per heavy atom. The van der Waals surface area contributed by atoms with Crippen LogP contribution < -0.4 is 10.1 Å². The normalized spacial score (nSPS) is 10.2. The maximum atomic E-state index is 10.7. The van der Waals surface area contributed by atoms with Crippen molar-refractivity contribution in [1.82, 2.24) is 9.97 Å². The average Bonchev–Trinajstić information content (AvgIpc) is 2.43. The summed E-state index contributed by atoms with van der Waals surface area (Å²) >= 11 is 3.34. The maximum absolute atomic E-state index is 10.7. The van der Waals surface area contributed by atoms with Crippen molar-refractivity contribution in [2.45, 2.75) is 6.92 Å². The van der Waals surface area contributed by atoms with Crippen molar-refractivity contribution in [2.75, 3.05) is 12.4 Å². The Balaban J connectivity index is 2.33. The molecule has 0 aliphatic heterocycles. The quantitative estimate of drug-likeness (QED) is 0.679. The van der Waals surface area contributed by atoms with E-state index in [1.165, 1.54) is 18.5 Å². The predicted molar refractivity (Wildman–Crippen MR) is 77.2 cm³/mol. The van der Waals surface area contributed by atoms with Crippen LogP contribution in [0.15, 0.2) is 29.0 Å². The van der Waals surface area contributed by atoms with E-state index in [9.17, 15) is 10.1 Å². The highest BCUT2D eigenvalue weighted by Gasteiger charge is 2.13. The van der Waals surface area contributed by atoms with Crippen LogP contribution in [0.1, 0.15) is 5.56 Å². The molecule has 1 heterocycles. The van der Waals surface area contributed by atoms with Gasteiger partial charge in [0.25, 0.3) is 5.69 Å². The summed E-state index contributed by atoms with van der Waals surface area (Å²) in [6.45, 7) is 1.73. The minimum atomic E-state index is -0.448. The van der Waals surface area contributed by atoms with Crippen molar-refractivity contribution in [3.63, 3.8) is 0 Å². The summed E-state index contributed by atoms with van der Waals surface area (Å²) in [4.78, 5) is 18.3. The molecule has 0 fully saturated rings. The number of benzene rings is 1. The van der Waals surface area contributed by atoms with Crippen LogP contribution in [0, 0.1) is 17.0 Å². The third kappa shape index (κ3) is 2.85. The molecule has 0 saturated carbocycles. The molecule has 0 bridgehead atoms. The number of nitro groups is 1. The van der Waals surface area contributed by atoms with Crippen molar-refractivity contribution < 1.29 is 9.66 Å². The SMILES string of the molecule is CNc1ncnc(Oc2ccc([N+](=O)[O-])cc2C)c1Br. The van der Waals surface area contributed by atoms with Crippen LogP contribution in [0.25, 0.3) is 0 Å². The van der Waals surface area contributed by atoms with Gasteiger partial charge in [0.1, 0.15) is 22.4 Å². The van der Waals surface area contributed by atoms with Gasteiger partial charge in [-0.05, 0) is 34.5 Å². The van der Waals surface area contributed by atoms with E-state index in [2.05, 4.69) is 31.2 Å². The lowest BCUT2D eigenvalue weighted by molar-refractivity contribution is -0.384. The Hall–Kier alpha value is -2.22. The van der Waals surface area contributed by atoms with E-state index in [4.69, 9.17) is 4.74 Å². The smallest absolute Gasteiger partial charge is 0.269 e. The molecule has 0 aliphatic carbocycles. The molecule has 0 atom stereocenters. The van der Waals surface area contributed by atoms with Gasteiger partial charge >= 0.3 is 0 Å². The fourth-order valence-corrected chi connectivity index (χ4v) is 2.05. The van der Waals surface area contributed by atoms with Gasteiger partial charge in [-0.3, -0.25) is 10.1 Å². The molecule has 0 spiro atoms. The summed E-state index contributed by atoms with van der Waals surface area (Å²) in [5.41, 5.74) is 0.670. The summed E-state index contributed by atoms with van der Waals surface area (Å²) in [6.07, 6.45) is 1.37. The lowest BCUT2D eigenvalue weighted by Gasteiger charge is -2.10. The highest BCUT2D eigenvalue weighted by molar-refractivity contribution is 9.10. The maximum Gasteiger partial charge on any atom is 0.269 e. The van der Waals surface area contributed by atoms with Gasteiger partial charge in [0.2, 0.25) is 5.88 Å². The lowest BCUT2D eigenvalue weighted by atomic mass is 10.2. The van der Waals surface area contributed by atoms with Crippen LogP contribution in [0.2, 0.25) is 0 Å². The minimum absolute atomic E-state index is 0.0208. The van der Waals surface area contributed by atoms with E-state index >= 15 is 0 Å². The molecule has 0 radical (unpaired) electrons. The summed E-state index contributed by atoms with van der Waals surface area (Å²) < 4.78 is 6.24. The van der Waals surface area contributed by atoms with Gasteiger partial charge in [-0.1, -0.05) is 0 Å². The molecule has 0 unspecified atom stereocenters. The van der Waals surface area contributed by atoms with Crippen molar-refractivity contribution in [1.29, 1.82) is 0 Å². The number of nitrogens with zero attached hydrogens (tertiary/aromatic N) is 3. The number of halogens is 1. The molecule has 0 aliphatic rings. The molecule has 8 heteroatoms. The zero-order valence-electron chi connectivity index (χ0n) is 10.8. The van der Waals surface area contributed by atoms with Gasteiger partial charge in [-0.2, -0.15) is 0 Å². The zero-order valence-corrected chi connectivity index (χ0v) is 12.3. The molecule has 1 N–H and O–H groups in total. The lowest BCUT2D eigenvalue weighted by Crippen LogP contribution is -1.98. The first-order valence-electron chi connectivity index (χ1n) is 5.64. The van der Waals surface area contributed by atoms with Crippen LogP contribution in [0.5, 0.6) is 11.6 Å². The average molecular weight is 339 g/mol. The number of aryl methyl sites for hydroxylation is 1. The molecular formula is C12H11BrN4O3. The van der Waals surface area contributed by atoms with Crippen molar-refractivity contribution in [3.05, 3.63) is 44.7 Å². The second-order valence-corrected chi connectivity index (χ2v) is 4.69. The van der Waals surface area contributed by atoms with Crippen molar-refractivity contribution in [3.8, 4) is 11.6 Å². The molecule has 20 heavy (non-hydrogen) atoms. The summed E-state index contributed by atoms with van der Waals surface area (Å²) in [7, 11) is 1.73. The Labute approximate surface area is 123 Å². The number of anilines is 1. The minimum Gasteiger partial charge on any atom is -0.437 e.